The third-order valence-electron chi connectivity index (χ3n) is 23.7. The molecule has 2 amide bonds. The van der Waals surface area contributed by atoms with Gasteiger partial charge in [0.15, 0.2) is 18.5 Å². The number of unbranched alkanes of at least 4 members (excludes halogenated alkanes) is 49. The second-order valence-corrected chi connectivity index (χ2v) is 36.4. The molecule has 8 N–H and O–H groups in total. The normalized spacial score (nSPS) is 19.9. The summed E-state index contributed by atoms with van der Waals surface area (Å²) >= 11 is 0. The molecule has 2 saturated heterocycles. The van der Waals surface area contributed by atoms with E-state index in [1.165, 1.54) is 128 Å². The van der Waals surface area contributed by atoms with Crippen LogP contribution in [0.2, 0.25) is 0 Å². The highest BCUT2D eigenvalue weighted by Gasteiger charge is 2.53. The minimum Gasteiger partial charge on any atom is -0.462 e. The zero-order valence-electron chi connectivity index (χ0n) is 76.7. The summed E-state index contributed by atoms with van der Waals surface area (Å²) in [5.74, 6) is -4.18. The topological polar surface area (TPSA) is 339 Å². The maximum Gasteiger partial charge on any atom is 0.470 e. The van der Waals surface area contributed by atoms with E-state index < -0.39 is 155 Å². The van der Waals surface area contributed by atoms with Crippen LogP contribution in [-0.2, 0) is 71.0 Å². The van der Waals surface area contributed by atoms with Crippen molar-refractivity contribution < 1.29 is 101 Å². The Hall–Kier alpha value is -3.61. The minimum absolute atomic E-state index is 0.125. The number of carbonyl (C=O) groups is 6. The third kappa shape index (κ3) is 60.9. The largest absolute Gasteiger partial charge is 0.470 e. The van der Waals surface area contributed by atoms with Crippen LogP contribution in [0.25, 0.3) is 0 Å². The van der Waals surface area contributed by atoms with Crippen molar-refractivity contribution in [3.05, 3.63) is 12.2 Å². The molecule has 120 heavy (non-hydrogen) atoms. The summed E-state index contributed by atoms with van der Waals surface area (Å²) in [7, 11) is -5.59. The first-order chi connectivity index (χ1) is 58.2. The van der Waals surface area contributed by atoms with Gasteiger partial charge in [0.05, 0.1) is 63.8 Å². The Morgan fingerprint density at radius 3 is 1.15 bits per heavy atom. The van der Waals surface area contributed by atoms with Crippen LogP contribution in [0.4, 0.5) is 0 Å². The van der Waals surface area contributed by atoms with Gasteiger partial charge in [-0.2, -0.15) is 0 Å². The fourth-order valence-corrected chi connectivity index (χ4v) is 16.9. The number of carbonyl (C=O) groups excluding carboxylic acids is 6. The summed E-state index contributed by atoms with van der Waals surface area (Å²) in [4.78, 5) is 107. The molecule has 0 aromatic rings. The van der Waals surface area contributed by atoms with Gasteiger partial charge in [0.1, 0.15) is 42.7 Å². The number of hydrogen-bond acceptors (Lipinski definition) is 19. The summed E-state index contributed by atoms with van der Waals surface area (Å²) in [6.45, 7) is 11.1. The molecule has 0 aliphatic carbocycles. The van der Waals surface area contributed by atoms with E-state index in [1.54, 1.807) is 0 Å². The lowest BCUT2D eigenvalue weighted by atomic mass is 9.95. The van der Waals surface area contributed by atoms with Crippen LogP contribution in [0.5, 0.6) is 0 Å². The minimum atomic E-state index is -5.59. The number of phosphoric ester groups is 1. The number of aliphatic hydroxyl groups excluding tert-OH is 4. The fourth-order valence-electron chi connectivity index (χ4n) is 16.4. The molecule has 9 unspecified atom stereocenters. The first-order valence-electron chi connectivity index (χ1n) is 49.5. The quantitative estimate of drug-likeness (QED) is 0.00922. The van der Waals surface area contributed by atoms with Gasteiger partial charge in [-0.25, -0.2) is 4.57 Å². The van der Waals surface area contributed by atoms with Crippen molar-refractivity contribution in [2.75, 3.05) is 19.8 Å². The van der Waals surface area contributed by atoms with E-state index in [0.717, 1.165) is 199 Å². The third-order valence-corrected chi connectivity index (χ3v) is 24.2. The van der Waals surface area contributed by atoms with E-state index in [0.29, 0.717) is 51.4 Å². The van der Waals surface area contributed by atoms with Gasteiger partial charge in [-0.3, -0.25) is 33.3 Å². The van der Waals surface area contributed by atoms with Gasteiger partial charge in [-0.05, 0) is 77.0 Å². The number of phosphoric acid groups is 1. The SMILES string of the molecule is CCCCCC/C=C\CCCCCCCC(=O)O[C@H](CCCCCCCCCCC)CC(=O)NC1C(OCC2OCC(NC(=O)C[C@H](O)CCCCCCCCCCC)C(OC(=O)C[C@H](O)CCCCCCCCCCC)C2O)OC(CO)C(OP(=O)(O)O)C1OC(=O)C[C@@H](CCCCCCCCCCC)OC(=O)CCCCCCCCCCC. The van der Waals surface area contributed by atoms with E-state index in [2.05, 4.69) is 64.3 Å². The van der Waals surface area contributed by atoms with E-state index in [-0.39, 0.29) is 32.3 Å². The predicted octanol–water partition coefficient (Wildman–Crippen LogP) is 21.7. The molecule has 2 fully saturated rings. The van der Waals surface area contributed by atoms with Gasteiger partial charge >= 0.3 is 31.7 Å². The molecule has 2 rings (SSSR count). The molecule has 2 aliphatic heterocycles. The second kappa shape index (κ2) is 76.6. The highest BCUT2D eigenvalue weighted by atomic mass is 31.2. The van der Waals surface area contributed by atoms with E-state index in [1.807, 2.05) is 0 Å². The van der Waals surface area contributed by atoms with Crippen molar-refractivity contribution in [1.29, 1.82) is 0 Å². The lowest BCUT2D eigenvalue weighted by Gasteiger charge is -2.46. The number of hydrogen-bond donors (Lipinski definition) is 8. The van der Waals surface area contributed by atoms with Crippen molar-refractivity contribution in [2.45, 2.75) is 545 Å². The molecule has 0 bridgehead atoms. The maximum absolute atomic E-state index is 15.1. The number of amides is 2. The molecule has 2 heterocycles. The number of aliphatic hydroxyl groups is 4. The lowest BCUT2D eigenvalue weighted by Crippen LogP contribution is -2.67. The van der Waals surface area contributed by atoms with Gasteiger partial charge < -0.3 is 74.0 Å². The maximum atomic E-state index is 15.1. The number of nitrogens with one attached hydrogen (secondary N) is 2. The summed E-state index contributed by atoms with van der Waals surface area (Å²) in [6.07, 6.45) is 46.6. The Kier molecular flexibility index (Phi) is 71.8. The summed E-state index contributed by atoms with van der Waals surface area (Å²) in [5, 5.41) is 51.5. The Labute approximate surface area is 728 Å². The fraction of sp³-hybridized carbons (Fsp3) is 0.917. The molecule has 23 nitrogen and oxygen atoms in total. The smallest absolute Gasteiger partial charge is 0.462 e. The van der Waals surface area contributed by atoms with Crippen LogP contribution in [0, 0.1) is 0 Å². The molecule has 0 saturated carbocycles. The Morgan fingerprint density at radius 2 is 0.742 bits per heavy atom. The van der Waals surface area contributed by atoms with Crippen LogP contribution < -0.4 is 10.6 Å². The molecule has 0 spiro atoms. The van der Waals surface area contributed by atoms with Gasteiger partial charge in [-0.15, -0.1) is 0 Å². The van der Waals surface area contributed by atoms with E-state index >= 15 is 4.79 Å². The van der Waals surface area contributed by atoms with Crippen molar-refractivity contribution in [3.8, 4) is 0 Å². The molecule has 704 valence electrons. The summed E-state index contributed by atoms with van der Waals surface area (Å²) in [5.41, 5.74) is 0. The molecular formula is C96H179N2O21P. The van der Waals surface area contributed by atoms with E-state index in [4.69, 9.17) is 37.7 Å². The van der Waals surface area contributed by atoms with Gasteiger partial charge in [0.2, 0.25) is 11.8 Å². The van der Waals surface area contributed by atoms with Gasteiger partial charge in [0.25, 0.3) is 0 Å². The van der Waals surface area contributed by atoms with Gasteiger partial charge in [0, 0.05) is 12.8 Å². The molecule has 24 heteroatoms. The number of ether oxygens (including phenoxy) is 7. The number of rotatable bonds is 83. The molecule has 2 aliphatic rings. The van der Waals surface area contributed by atoms with Crippen molar-refractivity contribution in [1.82, 2.24) is 10.6 Å². The van der Waals surface area contributed by atoms with Crippen molar-refractivity contribution in [3.63, 3.8) is 0 Å². The molecule has 0 radical (unpaired) electrons. The van der Waals surface area contributed by atoms with Gasteiger partial charge in [-0.1, -0.05) is 362 Å². The average Bonchev–Trinajstić information content (AvgIpc) is 0.776. The van der Waals surface area contributed by atoms with Crippen molar-refractivity contribution in [2.24, 2.45) is 0 Å². The predicted molar refractivity (Wildman–Crippen MR) is 478 cm³/mol. The van der Waals surface area contributed by atoms with Crippen LogP contribution >= 0.6 is 7.82 Å². The van der Waals surface area contributed by atoms with E-state index in [9.17, 15) is 58.8 Å². The Bertz CT molecular complexity index is 2560. The molecule has 0 aromatic carbocycles. The standard InChI is InChI=1S/C96H179N2O21P/c1-7-13-19-25-31-37-38-39-40-46-52-58-63-69-87(104)114-80(67-61-55-49-43-34-28-22-16-10-4)73-86(103)98-91-95(118-90(107)74-81(68-62-56-50-44-35-29-23-17-11-5)115-88(105)70-64-57-51-45-36-30-24-18-12-6)94(119-120(109,110)111)83(75-99)116-96(91)113-77-84-92(108)93(117-89(106)72-79(101)66-60-54-48-42-33-27-21-15-9-3)82(76-112-84)97-85(102)71-78(100)65-59-53-47-41-32-26-20-14-8-2/h37-38,78-84,91-96,99-101,108H,7-36,39-77H2,1-6H3,(H,97,102)(H,98,103)(H2,109,110,111)/b38-37-/t78-,79-,80-,81-,82?,83?,84?,91?,92?,93?,94?,95?,96?/m1/s1. The second-order valence-electron chi connectivity index (χ2n) is 35.2. The Balaban J connectivity index is 2.70. The first-order valence-corrected chi connectivity index (χ1v) is 51.0. The molecule has 13 atom stereocenters. The molecular weight excluding hydrogens is 1550 g/mol. The highest BCUT2D eigenvalue weighted by Crippen LogP contribution is 2.43. The monoisotopic (exact) mass is 1730 g/mol. The average molecular weight is 1730 g/mol. The summed E-state index contributed by atoms with van der Waals surface area (Å²) < 4.78 is 62.3. The van der Waals surface area contributed by atoms with Crippen molar-refractivity contribution >= 4 is 43.5 Å². The lowest BCUT2D eigenvalue weighted by molar-refractivity contribution is -0.282. The zero-order chi connectivity index (χ0) is 87.7. The van der Waals surface area contributed by atoms with Crippen LogP contribution in [0.1, 0.15) is 465 Å². The number of allylic oxidation sites excluding steroid dienone is 2. The number of esters is 4. The van der Waals surface area contributed by atoms with Crippen LogP contribution in [0.15, 0.2) is 12.2 Å². The highest BCUT2D eigenvalue weighted by molar-refractivity contribution is 7.46. The van der Waals surface area contributed by atoms with Crippen LogP contribution in [-0.4, -0.2) is 165 Å². The first kappa shape index (κ1) is 112. The Morgan fingerprint density at radius 1 is 0.400 bits per heavy atom. The summed E-state index contributed by atoms with van der Waals surface area (Å²) in [6, 6.07) is -2.93. The molecule has 0 aromatic heterocycles. The van der Waals surface area contributed by atoms with Crippen LogP contribution in [0.3, 0.4) is 0 Å². The zero-order valence-corrected chi connectivity index (χ0v) is 77.6.